The van der Waals surface area contributed by atoms with Gasteiger partial charge >= 0.3 is 0 Å². The molecule has 8 heteroatoms. The smallest absolute Gasteiger partial charge is 0.254 e. The highest BCUT2D eigenvalue weighted by Crippen LogP contribution is 2.11. The van der Waals surface area contributed by atoms with Crippen molar-refractivity contribution in [3.8, 4) is 0 Å². The normalized spacial score (nSPS) is 13.8. The van der Waals surface area contributed by atoms with E-state index in [2.05, 4.69) is 39.6 Å². The average molecular weight is 535 g/mol. The van der Waals surface area contributed by atoms with Crippen molar-refractivity contribution in [2.75, 3.05) is 33.7 Å². The van der Waals surface area contributed by atoms with Crippen molar-refractivity contribution in [2.24, 2.45) is 4.99 Å². The van der Waals surface area contributed by atoms with Gasteiger partial charge in [0.25, 0.3) is 5.91 Å². The maximum atomic E-state index is 12.6. The molecule has 0 aromatic heterocycles. The van der Waals surface area contributed by atoms with Gasteiger partial charge in [-0.05, 0) is 35.7 Å². The molecule has 7 nitrogen and oxygen atoms in total. The number of carbonyl (C=O) groups excluding carboxylic acids is 2. The van der Waals surface area contributed by atoms with E-state index in [4.69, 9.17) is 0 Å². The minimum atomic E-state index is -0.114. The first-order chi connectivity index (χ1) is 14.5. The van der Waals surface area contributed by atoms with Crippen LogP contribution in [0.5, 0.6) is 0 Å². The first kappa shape index (κ1) is 24.6. The molecule has 0 radical (unpaired) electrons. The van der Waals surface area contributed by atoms with Gasteiger partial charge in [0.1, 0.15) is 0 Å². The molecule has 3 rings (SSSR count). The number of guanidine groups is 1. The van der Waals surface area contributed by atoms with Gasteiger partial charge in [0.05, 0.1) is 6.54 Å². The summed E-state index contributed by atoms with van der Waals surface area (Å²) in [6.45, 7) is 4.64. The lowest BCUT2D eigenvalue weighted by Crippen LogP contribution is -2.49. The van der Waals surface area contributed by atoms with Crippen LogP contribution in [0.15, 0.2) is 53.5 Å². The SMILES string of the molecule is CN=C(NCc1ccc(C(=O)N2CCNC(=O)C2)cc1)N(C)Cc1ccccc1C.I. The number of aliphatic imine (C=N–C) groups is 1. The number of hydrogen-bond acceptors (Lipinski definition) is 3. The molecule has 1 aliphatic heterocycles. The Kier molecular flexibility index (Phi) is 9.29. The second-order valence-corrected chi connectivity index (χ2v) is 7.46. The van der Waals surface area contributed by atoms with E-state index in [1.54, 1.807) is 11.9 Å². The fourth-order valence-corrected chi connectivity index (χ4v) is 3.44. The van der Waals surface area contributed by atoms with Gasteiger partial charge in [-0.1, -0.05) is 36.4 Å². The van der Waals surface area contributed by atoms with Crippen LogP contribution in [0.4, 0.5) is 0 Å². The number of carbonyl (C=O) groups is 2. The van der Waals surface area contributed by atoms with Crippen LogP contribution in [0.2, 0.25) is 0 Å². The highest BCUT2D eigenvalue weighted by Gasteiger charge is 2.22. The summed E-state index contributed by atoms with van der Waals surface area (Å²) in [5.74, 6) is 0.576. The van der Waals surface area contributed by atoms with Gasteiger partial charge in [0.2, 0.25) is 5.91 Å². The molecule has 2 N–H and O–H groups in total. The van der Waals surface area contributed by atoms with Crippen LogP contribution in [0, 0.1) is 6.92 Å². The van der Waals surface area contributed by atoms with Crippen LogP contribution in [0.25, 0.3) is 0 Å². The largest absolute Gasteiger partial charge is 0.353 e. The Labute approximate surface area is 200 Å². The molecular weight excluding hydrogens is 505 g/mol. The summed E-state index contributed by atoms with van der Waals surface area (Å²) in [6.07, 6.45) is 0. The van der Waals surface area contributed by atoms with E-state index in [-0.39, 0.29) is 42.3 Å². The Bertz CT molecular complexity index is 930. The minimum Gasteiger partial charge on any atom is -0.353 e. The zero-order valence-corrected chi connectivity index (χ0v) is 20.6. The molecular formula is C23H30IN5O2. The second kappa shape index (κ2) is 11.7. The maximum Gasteiger partial charge on any atom is 0.254 e. The molecule has 2 aromatic rings. The number of aryl methyl sites for hydroxylation is 1. The lowest BCUT2D eigenvalue weighted by atomic mass is 10.1. The topological polar surface area (TPSA) is 77.0 Å². The molecule has 0 aliphatic carbocycles. The fraction of sp³-hybridized carbons (Fsp3) is 0.348. The van der Waals surface area contributed by atoms with Crippen molar-refractivity contribution in [3.63, 3.8) is 0 Å². The van der Waals surface area contributed by atoms with Gasteiger partial charge in [-0.15, -0.1) is 24.0 Å². The van der Waals surface area contributed by atoms with Gasteiger partial charge in [-0.25, -0.2) is 0 Å². The van der Waals surface area contributed by atoms with Gasteiger partial charge in [0.15, 0.2) is 5.96 Å². The lowest BCUT2D eigenvalue weighted by molar-refractivity contribution is -0.123. The third kappa shape index (κ3) is 6.68. The van der Waals surface area contributed by atoms with Gasteiger partial charge in [-0.3, -0.25) is 14.6 Å². The van der Waals surface area contributed by atoms with Crippen molar-refractivity contribution in [3.05, 3.63) is 70.8 Å². The van der Waals surface area contributed by atoms with Crippen LogP contribution < -0.4 is 10.6 Å². The highest BCUT2D eigenvalue weighted by molar-refractivity contribution is 14.0. The molecule has 1 heterocycles. The molecule has 31 heavy (non-hydrogen) atoms. The van der Waals surface area contributed by atoms with Crippen molar-refractivity contribution in [2.45, 2.75) is 20.0 Å². The molecule has 0 bridgehead atoms. The summed E-state index contributed by atoms with van der Waals surface area (Å²) in [5, 5.41) is 6.10. The summed E-state index contributed by atoms with van der Waals surface area (Å²) >= 11 is 0. The second-order valence-electron chi connectivity index (χ2n) is 7.46. The van der Waals surface area contributed by atoms with Crippen molar-refractivity contribution in [1.82, 2.24) is 20.4 Å². The molecule has 0 saturated carbocycles. The van der Waals surface area contributed by atoms with E-state index >= 15 is 0 Å². The predicted octanol–water partition coefficient (Wildman–Crippen LogP) is 2.39. The van der Waals surface area contributed by atoms with E-state index in [1.807, 2.05) is 43.4 Å². The first-order valence-electron chi connectivity index (χ1n) is 10.1. The monoisotopic (exact) mass is 535 g/mol. The molecule has 1 aliphatic rings. The predicted molar refractivity (Wildman–Crippen MR) is 134 cm³/mol. The molecule has 166 valence electrons. The van der Waals surface area contributed by atoms with Crippen LogP contribution in [-0.4, -0.2) is 61.3 Å². The zero-order chi connectivity index (χ0) is 21.5. The summed E-state index contributed by atoms with van der Waals surface area (Å²) < 4.78 is 0. The number of hydrogen-bond donors (Lipinski definition) is 2. The number of halogens is 1. The third-order valence-corrected chi connectivity index (χ3v) is 5.22. The number of amides is 2. The van der Waals surface area contributed by atoms with Gasteiger partial charge < -0.3 is 20.4 Å². The Morgan fingerprint density at radius 1 is 1.19 bits per heavy atom. The number of nitrogens with one attached hydrogen (secondary N) is 2. The molecule has 0 atom stereocenters. The third-order valence-electron chi connectivity index (χ3n) is 5.22. The van der Waals surface area contributed by atoms with Crippen LogP contribution in [0.1, 0.15) is 27.0 Å². The van der Waals surface area contributed by atoms with Gasteiger partial charge in [0, 0.05) is 45.8 Å². The number of nitrogens with zero attached hydrogens (tertiary/aromatic N) is 3. The standard InChI is InChI=1S/C23H29N5O2.HI/c1-17-6-4-5-7-20(17)15-27(3)23(24-2)26-14-18-8-10-19(11-9-18)22(30)28-13-12-25-21(29)16-28;/h4-11H,12-16H2,1-3H3,(H,24,26)(H,25,29);1H. The van der Waals surface area contributed by atoms with Crippen LogP contribution >= 0.6 is 24.0 Å². The van der Waals surface area contributed by atoms with Crippen molar-refractivity contribution >= 4 is 41.8 Å². The Morgan fingerprint density at radius 3 is 2.55 bits per heavy atom. The van der Waals surface area contributed by atoms with E-state index < -0.39 is 0 Å². The Hall–Kier alpha value is -2.62. The molecule has 2 aromatic carbocycles. The summed E-state index contributed by atoms with van der Waals surface area (Å²) in [4.78, 5) is 32.1. The molecule has 2 amide bonds. The molecule has 1 fully saturated rings. The highest BCUT2D eigenvalue weighted by atomic mass is 127. The number of rotatable bonds is 5. The van der Waals surface area contributed by atoms with E-state index in [1.165, 1.54) is 11.1 Å². The molecule has 0 spiro atoms. The Morgan fingerprint density at radius 2 is 1.90 bits per heavy atom. The zero-order valence-electron chi connectivity index (χ0n) is 18.2. The van der Waals surface area contributed by atoms with E-state index in [0.717, 1.165) is 18.1 Å². The van der Waals surface area contributed by atoms with Crippen molar-refractivity contribution < 1.29 is 9.59 Å². The number of piperazine rings is 1. The molecule has 1 saturated heterocycles. The first-order valence-corrected chi connectivity index (χ1v) is 10.1. The van der Waals surface area contributed by atoms with Gasteiger partial charge in [-0.2, -0.15) is 0 Å². The van der Waals surface area contributed by atoms with E-state index in [9.17, 15) is 9.59 Å². The lowest BCUT2D eigenvalue weighted by Gasteiger charge is -2.26. The minimum absolute atomic E-state index is 0. The maximum absolute atomic E-state index is 12.6. The summed E-state index contributed by atoms with van der Waals surface area (Å²) in [7, 11) is 3.78. The van der Waals surface area contributed by atoms with Crippen LogP contribution in [0.3, 0.4) is 0 Å². The summed E-state index contributed by atoms with van der Waals surface area (Å²) in [5.41, 5.74) is 4.16. The Balaban J connectivity index is 0.00000341. The summed E-state index contributed by atoms with van der Waals surface area (Å²) in [6, 6.07) is 15.8. The number of benzene rings is 2. The fourth-order valence-electron chi connectivity index (χ4n) is 3.44. The average Bonchev–Trinajstić information content (AvgIpc) is 2.76. The molecule has 0 unspecified atom stereocenters. The van der Waals surface area contributed by atoms with E-state index in [0.29, 0.717) is 25.2 Å². The van der Waals surface area contributed by atoms with Crippen LogP contribution in [-0.2, 0) is 17.9 Å². The van der Waals surface area contributed by atoms with Crippen molar-refractivity contribution in [1.29, 1.82) is 0 Å². The quantitative estimate of drug-likeness (QED) is 0.351.